The van der Waals surface area contributed by atoms with E-state index >= 15 is 0 Å². The van der Waals surface area contributed by atoms with Crippen LogP contribution in [0.3, 0.4) is 0 Å². The third-order valence-electron chi connectivity index (χ3n) is 3.63. The third kappa shape index (κ3) is 2.98. The van der Waals surface area contributed by atoms with E-state index in [0.29, 0.717) is 0 Å². The van der Waals surface area contributed by atoms with Crippen molar-refractivity contribution in [3.05, 3.63) is 41.6 Å². The molecule has 1 aromatic carbocycles. The van der Waals surface area contributed by atoms with Crippen LogP contribution in [0, 0.1) is 6.92 Å². The van der Waals surface area contributed by atoms with Gasteiger partial charge in [0.05, 0.1) is 0 Å². The summed E-state index contributed by atoms with van der Waals surface area (Å²) in [6, 6.07) is 10.7. The summed E-state index contributed by atoms with van der Waals surface area (Å²) in [7, 11) is 0. The molecule has 0 aliphatic heterocycles. The molecule has 0 radical (unpaired) electrons. The van der Waals surface area contributed by atoms with Crippen LogP contribution in [0.15, 0.2) is 30.3 Å². The monoisotopic (exact) mass is 267 g/mol. The number of nitrogens with one attached hydrogen (secondary N) is 1. The van der Waals surface area contributed by atoms with Crippen molar-refractivity contribution in [2.24, 2.45) is 0 Å². The third-order valence-corrected chi connectivity index (χ3v) is 3.63. The molecule has 0 amide bonds. The van der Waals surface area contributed by atoms with Gasteiger partial charge in [-0.3, -0.25) is 0 Å². The van der Waals surface area contributed by atoms with Crippen LogP contribution < -0.4 is 5.32 Å². The lowest BCUT2D eigenvalue weighted by molar-refractivity contribution is 0.962. The predicted molar refractivity (Wildman–Crippen MR) is 83.0 cm³/mol. The predicted octanol–water partition coefficient (Wildman–Crippen LogP) is 4.15. The highest BCUT2D eigenvalue weighted by atomic mass is 15.0. The molecule has 3 heteroatoms. The second kappa shape index (κ2) is 5.61. The fourth-order valence-corrected chi connectivity index (χ4v) is 2.36. The maximum Gasteiger partial charge on any atom is 0.161 e. The Kier molecular flexibility index (Phi) is 3.68. The highest BCUT2D eigenvalue weighted by Crippen LogP contribution is 2.40. The van der Waals surface area contributed by atoms with E-state index in [4.69, 9.17) is 0 Å². The van der Waals surface area contributed by atoms with E-state index in [1.807, 2.05) is 13.0 Å². The molecule has 1 aliphatic carbocycles. The molecule has 3 rings (SSSR count). The van der Waals surface area contributed by atoms with Gasteiger partial charge in [0.2, 0.25) is 0 Å². The lowest BCUT2D eigenvalue weighted by atomic mass is 10.1. The van der Waals surface area contributed by atoms with Gasteiger partial charge in [0, 0.05) is 23.9 Å². The molecule has 0 spiro atoms. The largest absolute Gasteiger partial charge is 0.370 e. The van der Waals surface area contributed by atoms with Crippen LogP contribution in [0.25, 0.3) is 11.4 Å². The summed E-state index contributed by atoms with van der Waals surface area (Å²) in [6.45, 7) is 5.11. The Balaban J connectivity index is 1.85. The van der Waals surface area contributed by atoms with Gasteiger partial charge in [-0.25, -0.2) is 9.97 Å². The van der Waals surface area contributed by atoms with Crippen molar-refractivity contribution in [3.63, 3.8) is 0 Å². The fraction of sp³-hybridized carbons (Fsp3) is 0.412. The van der Waals surface area contributed by atoms with Crippen molar-refractivity contribution in [1.82, 2.24) is 9.97 Å². The van der Waals surface area contributed by atoms with Crippen molar-refractivity contribution in [3.8, 4) is 11.4 Å². The zero-order valence-electron chi connectivity index (χ0n) is 12.2. The molecule has 1 N–H and O–H groups in total. The normalized spacial score (nSPS) is 14.3. The second-order valence-corrected chi connectivity index (χ2v) is 5.54. The highest BCUT2D eigenvalue weighted by molar-refractivity contribution is 5.58. The maximum absolute atomic E-state index is 4.61. The Bertz CT molecular complexity index is 586. The molecule has 1 saturated carbocycles. The minimum Gasteiger partial charge on any atom is -0.370 e. The Morgan fingerprint density at radius 3 is 2.55 bits per heavy atom. The molecular formula is C17H21N3. The summed E-state index contributed by atoms with van der Waals surface area (Å²) in [5.74, 6) is 2.52. The lowest BCUT2D eigenvalue weighted by Gasteiger charge is -2.08. The number of anilines is 1. The van der Waals surface area contributed by atoms with Crippen LogP contribution in [-0.2, 0) is 0 Å². The first-order valence-electron chi connectivity index (χ1n) is 7.46. The first-order chi connectivity index (χ1) is 9.76. The molecular weight excluding hydrogens is 246 g/mol. The molecule has 3 nitrogen and oxygen atoms in total. The summed E-state index contributed by atoms with van der Waals surface area (Å²) in [4.78, 5) is 9.16. The molecule has 0 saturated heterocycles. The average Bonchev–Trinajstić information content (AvgIpc) is 3.29. The summed E-state index contributed by atoms with van der Waals surface area (Å²) < 4.78 is 0. The molecule has 104 valence electrons. The number of hydrogen-bond donors (Lipinski definition) is 1. The summed E-state index contributed by atoms with van der Waals surface area (Å²) >= 11 is 0. The minimum atomic E-state index is 0.796. The SMILES string of the molecule is CCCNc1cc(C)nc(-c2ccc(C3CC3)cc2)n1. The molecule has 0 atom stereocenters. The molecule has 0 unspecified atom stereocenters. The summed E-state index contributed by atoms with van der Waals surface area (Å²) in [6.07, 6.45) is 3.77. The number of hydrogen-bond acceptors (Lipinski definition) is 3. The van der Waals surface area contributed by atoms with Crippen LogP contribution in [-0.4, -0.2) is 16.5 Å². The zero-order chi connectivity index (χ0) is 13.9. The maximum atomic E-state index is 4.61. The molecule has 1 fully saturated rings. The number of rotatable bonds is 5. The quantitative estimate of drug-likeness (QED) is 0.884. The molecule has 1 aliphatic rings. The topological polar surface area (TPSA) is 37.8 Å². The second-order valence-electron chi connectivity index (χ2n) is 5.54. The minimum absolute atomic E-state index is 0.796. The molecule has 0 bridgehead atoms. The standard InChI is InChI=1S/C17H21N3/c1-3-10-18-16-11-12(2)19-17(20-16)15-8-6-14(7-9-15)13-4-5-13/h6-9,11,13H,3-5,10H2,1-2H3,(H,18,19,20). The van der Waals surface area contributed by atoms with E-state index in [0.717, 1.165) is 41.8 Å². The van der Waals surface area contributed by atoms with Gasteiger partial charge in [-0.2, -0.15) is 0 Å². The number of aryl methyl sites for hydroxylation is 1. The Morgan fingerprint density at radius 1 is 1.15 bits per heavy atom. The number of aromatic nitrogens is 2. The van der Waals surface area contributed by atoms with Gasteiger partial charge in [0.1, 0.15) is 5.82 Å². The number of nitrogens with zero attached hydrogens (tertiary/aromatic N) is 2. The van der Waals surface area contributed by atoms with E-state index in [9.17, 15) is 0 Å². The van der Waals surface area contributed by atoms with Crippen LogP contribution >= 0.6 is 0 Å². The van der Waals surface area contributed by atoms with Gasteiger partial charge in [-0.1, -0.05) is 31.2 Å². The highest BCUT2D eigenvalue weighted by Gasteiger charge is 2.23. The zero-order valence-corrected chi connectivity index (χ0v) is 12.2. The smallest absolute Gasteiger partial charge is 0.161 e. The van der Waals surface area contributed by atoms with Crippen molar-refractivity contribution in [2.45, 2.75) is 39.0 Å². The summed E-state index contributed by atoms with van der Waals surface area (Å²) in [5.41, 5.74) is 3.54. The molecule has 1 aromatic heterocycles. The Morgan fingerprint density at radius 2 is 1.90 bits per heavy atom. The Hall–Kier alpha value is -1.90. The van der Waals surface area contributed by atoms with Crippen LogP contribution in [0.5, 0.6) is 0 Å². The van der Waals surface area contributed by atoms with E-state index in [1.165, 1.54) is 18.4 Å². The van der Waals surface area contributed by atoms with Gasteiger partial charge in [0.25, 0.3) is 0 Å². The Labute approximate surface area is 120 Å². The fourth-order valence-electron chi connectivity index (χ4n) is 2.36. The number of benzene rings is 1. The van der Waals surface area contributed by atoms with Crippen molar-refractivity contribution < 1.29 is 0 Å². The average molecular weight is 267 g/mol. The van der Waals surface area contributed by atoms with E-state index in [-0.39, 0.29) is 0 Å². The van der Waals surface area contributed by atoms with Gasteiger partial charge >= 0.3 is 0 Å². The van der Waals surface area contributed by atoms with E-state index < -0.39 is 0 Å². The van der Waals surface area contributed by atoms with E-state index in [1.54, 1.807) is 0 Å². The van der Waals surface area contributed by atoms with Crippen molar-refractivity contribution >= 4 is 5.82 Å². The van der Waals surface area contributed by atoms with Crippen LogP contribution in [0.4, 0.5) is 5.82 Å². The van der Waals surface area contributed by atoms with Gasteiger partial charge in [-0.05, 0) is 37.7 Å². The van der Waals surface area contributed by atoms with E-state index in [2.05, 4.69) is 46.5 Å². The first-order valence-corrected chi connectivity index (χ1v) is 7.46. The van der Waals surface area contributed by atoms with Crippen LogP contribution in [0.2, 0.25) is 0 Å². The van der Waals surface area contributed by atoms with Crippen molar-refractivity contribution in [2.75, 3.05) is 11.9 Å². The molecule has 20 heavy (non-hydrogen) atoms. The molecule has 1 heterocycles. The molecule has 2 aromatic rings. The van der Waals surface area contributed by atoms with Gasteiger partial charge < -0.3 is 5.32 Å². The van der Waals surface area contributed by atoms with Gasteiger partial charge in [0.15, 0.2) is 5.82 Å². The van der Waals surface area contributed by atoms with Crippen molar-refractivity contribution in [1.29, 1.82) is 0 Å². The lowest BCUT2D eigenvalue weighted by Crippen LogP contribution is -2.04. The first kappa shape index (κ1) is 13.1. The van der Waals surface area contributed by atoms with Gasteiger partial charge in [-0.15, -0.1) is 0 Å². The summed E-state index contributed by atoms with van der Waals surface area (Å²) in [5, 5.41) is 3.33. The van der Waals surface area contributed by atoms with Crippen LogP contribution in [0.1, 0.15) is 43.4 Å².